The first kappa shape index (κ1) is 16.9. The van der Waals surface area contributed by atoms with Gasteiger partial charge in [-0.1, -0.05) is 0 Å². The van der Waals surface area contributed by atoms with Crippen molar-refractivity contribution in [3.8, 4) is 0 Å². The minimum Gasteiger partial charge on any atom is -0.358 e. The van der Waals surface area contributed by atoms with E-state index >= 15 is 0 Å². The highest BCUT2D eigenvalue weighted by Gasteiger charge is 2.12. The van der Waals surface area contributed by atoms with E-state index in [4.69, 9.17) is 0 Å². The first-order valence-corrected chi connectivity index (χ1v) is 7.82. The Morgan fingerprint density at radius 1 is 1.09 bits per heavy atom. The maximum atomic E-state index is 12.2. The van der Waals surface area contributed by atoms with Crippen LogP contribution in [0.1, 0.15) is 24.2 Å². The maximum absolute atomic E-state index is 12.2. The molecule has 124 valence electrons. The molecule has 1 N–H and O–H groups in total. The van der Waals surface area contributed by atoms with Gasteiger partial charge in [0.2, 0.25) is 5.91 Å². The molecule has 0 saturated heterocycles. The summed E-state index contributed by atoms with van der Waals surface area (Å²) in [6, 6.07) is 7.77. The Balaban J connectivity index is 2.23. The van der Waals surface area contributed by atoms with Gasteiger partial charge in [-0.05, 0) is 38.1 Å². The number of rotatable bonds is 6. The number of amides is 2. The van der Waals surface area contributed by atoms with Gasteiger partial charge in [-0.3, -0.25) is 9.59 Å². The lowest BCUT2D eigenvalue weighted by molar-refractivity contribution is -0.127. The molecule has 2 amide bonds. The molecule has 2 heterocycles. The summed E-state index contributed by atoms with van der Waals surface area (Å²) < 4.78 is 2.01. The smallest absolute Gasteiger partial charge is 0.253 e. The molecule has 23 heavy (non-hydrogen) atoms. The second-order valence-corrected chi connectivity index (χ2v) is 5.55. The van der Waals surface area contributed by atoms with E-state index in [0.29, 0.717) is 5.56 Å². The van der Waals surface area contributed by atoms with Crippen LogP contribution in [0.5, 0.6) is 0 Å². The Morgan fingerprint density at radius 2 is 1.74 bits per heavy atom. The van der Waals surface area contributed by atoms with Gasteiger partial charge in [-0.15, -0.1) is 0 Å². The van der Waals surface area contributed by atoms with Gasteiger partial charge in [0.25, 0.3) is 5.91 Å². The molecule has 0 atom stereocenters. The van der Waals surface area contributed by atoms with Crippen molar-refractivity contribution in [1.82, 2.24) is 14.6 Å². The first-order chi connectivity index (χ1) is 11.0. The van der Waals surface area contributed by atoms with Crippen LogP contribution in [-0.2, 0) is 4.79 Å². The van der Waals surface area contributed by atoms with E-state index in [1.54, 1.807) is 20.2 Å². The van der Waals surface area contributed by atoms with Gasteiger partial charge in [0, 0.05) is 38.9 Å². The van der Waals surface area contributed by atoms with Crippen molar-refractivity contribution >= 4 is 23.1 Å². The number of likely N-dealkylation sites (N-methyl/N-ethyl adjacent to an activating group) is 1. The Kier molecular flexibility index (Phi) is 5.26. The van der Waals surface area contributed by atoms with E-state index in [0.717, 1.165) is 24.4 Å². The van der Waals surface area contributed by atoms with E-state index in [1.807, 2.05) is 22.7 Å². The number of aromatic nitrogens is 1. The van der Waals surface area contributed by atoms with Gasteiger partial charge < -0.3 is 19.5 Å². The Bertz CT molecular complexity index is 702. The number of anilines is 1. The van der Waals surface area contributed by atoms with Crippen molar-refractivity contribution in [2.75, 3.05) is 38.6 Å². The summed E-state index contributed by atoms with van der Waals surface area (Å²) in [4.78, 5) is 27.5. The summed E-state index contributed by atoms with van der Waals surface area (Å²) in [5, 5.41) is 2.66. The average Bonchev–Trinajstić information content (AvgIpc) is 2.96. The number of pyridine rings is 1. The molecule has 0 bridgehead atoms. The minimum absolute atomic E-state index is 0.00154. The van der Waals surface area contributed by atoms with Crippen LogP contribution in [-0.4, -0.2) is 54.8 Å². The molecule has 2 rings (SSSR count). The fourth-order valence-electron chi connectivity index (χ4n) is 2.44. The van der Waals surface area contributed by atoms with Crippen LogP contribution >= 0.6 is 0 Å². The third-order valence-corrected chi connectivity index (χ3v) is 3.88. The monoisotopic (exact) mass is 316 g/mol. The quantitative estimate of drug-likeness (QED) is 0.881. The molecule has 0 spiro atoms. The van der Waals surface area contributed by atoms with Crippen molar-refractivity contribution in [3.63, 3.8) is 0 Å². The normalized spacial score (nSPS) is 10.6. The van der Waals surface area contributed by atoms with Crippen molar-refractivity contribution in [2.45, 2.75) is 13.8 Å². The number of carbonyl (C=O) groups excluding carboxylic acids is 2. The van der Waals surface area contributed by atoms with Crippen molar-refractivity contribution in [1.29, 1.82) is 0 Å². The number of hydrogen-bond donors (Lipinski definition) is 1. The van der Waals surface area contributed by atoms with Crippen LogP contribution in [0.4, 0.5) is 5.82 Å². The van der Waals surface area contributed by atoms with E-state index in [9.17, 15) is 9.59 Å². The molecule has 0 saturated carbocycles. The van der Waals surface area contributed by atoms with Crippen LogP contribution in [0.25, 0.3) is 5.52 Å². The molecule has 0 aromatic carbocycles. The van der Waals surface area contributed by atoms with E-state index in [1.165, 1.54) is 4.90 Å². The minimum atomic E-state index is -0.249. The summed E-state index contributed by atoms with van der Waals surface area (Å²) in [5.74, 6) is 0.675. The van der Waals surface area contributed by atoms with Gasteiger partial charge in [0.05, 0.1) is 12.1 Å². The lowest BCUT2D eigenvalue weighted by Crippen LogP contribution is -2.36. The lowest BCUT2D eigenvalue weighted by Gasteiger charge is -2.20. The molecule has 0 fully saturated rings. The molecule has 0 aliphatic carbocycles. The summed E-state index contributed by atoms with van der Waals surface area (Å²) in [7, 11) is 3.33. The molecule has 0 unspecified atom stereocenters. The molecule has 2 aromatic heterocycles. The predicted octanol–water partition coefficient (Wildman–Crippen LogP) is 1.60. The van der Waals surface area contributed by atoms with Gasteiger partial charge in [0.15, 0.2) is 0 Å². The van der Waals surface area contributed by atoms with Crippen LogP contribution in [0.3, 0.4) is 0 Å². The topological polar surface area (TPSA) is 57.1 Å². The SMILES string of the molecule is CCN(CC)c1ccc2ccc(C(=O)NCC(=O)N(C)C)cn12. The van der Waals surface area contributed by atoms with E-state index in [2.05, 4.69) is 30.1 Å². The standard InChI is InChI=1S/C17H24N4O2/c1-5-20(6-2)15-10-9-14-8-7-13(12-21(14)15)17(23)18-11-16(22)19(3)4/h7-10,12H,5-6,11H2,1-4H3,(H,18,23). The number of fused-ring (bicyclic) bond motifs is 1. The zero-order valence-electron chi connectivity index (χ0n) is 14.2. The highest BCUT2D eigenvalue weighted by molar-refractivity contribution is 5.96. The molecule has 0 aliphatic heterocycles. The lowest BCUT2D eigenvalue weighted by atomic mass is 10.2. The fourth-order valence-corrected chi connectivity index (χ4v) is 2.44. The molecule has 2 aromatic rings. The summed E-state index contributed by atoms with van der Waals surface area (Å²) >= 11 is 0. The number of nitrogens with zero attached hydrogens (tertiary/aromatic N) is 3. The average molecular weight is 316 g/mol. The summed E-state index contributed by atoms with van der Waals surface area (Å²) in [6.45, 7) is 6.00. The molecular weight excluding hydrogens is 292 g/mol. The number of hydrogen-bond acceptors (Lipinski definition) is 3. The molecule has 0 aliphatic rings. The highest BCUT2D eigenvalue weighted by Crippen LogP contribution is 2.20. The van der Waals surface area contributed by atoms with Crippen molar-refractivity contribution < 1.29 is 9.59 Å². The van der Waals surface area contributed by atoms with Gasteiger partial charge in [0.1, 0.15) is 5.82 Å². The Morgan fingerprint density at radius 3 is 2.35 bits per heavy atom. The highest BCUT2D eigenvalue weighted by atomic mass is 16.2. The number of carbonyl (C=O) groups is 2. The van der Waals surface area contributed by atoms with Crippen LogP contribution in [0.2, 0.25) is 0 Å². The summed E-state index contributed by atoms with van der Waals surface area (Å²) in [6.07, 6.45) is 1.82. The summed E-state index contributed by atoms with van der Waals surface area (Å²) in [5.41, 5.74) is 1.57. The second-order valence-electron chi connectivity index (χ2n) is 5.55. The second kappa shape index (κ2) is 7.17. The predicted molar refractivity (Wildman–Crippen MR) is 92.0 cm³/mol. The van der Waals surface area contributed by atoms with Crippen LogP contribution < -0.4 is 10.2 Å². The van der Waals surface area contributed by atoms with E-state index in [-0.39, 0.29) is 18.4 Å². The third-order valence-electron chi connectivity index (χ3n) is 3.88. The largest absolute Gasteiger partial charge is 0.358 e. The van der Waals surface area contributed by atoms with Crippen LogP contribution in [0.15, 0.2) is 30.5 Å². The Hall–Kier alpha value is -2.50. The molecule has 6 heteroatoms. The van der Waals surface area contributed by atoms with Crippen molar-refractivity contribution in [2.24, 2.45) is 0 Å². The van der Waals surface area contributed by atoms with E-state index < -0.39 is 0 Å². The van der Waals surface area contributed by atoms with Crippen LogP contribution in [0, 0.1) is 0 Å². The number of nitrogens with one attached hydrogen (secondary N) is 1. The zero-order chi connectivity index (χ0) is 17.0. The van der Waals surface area contributed by atoms with Crippen molar-refractivity contribution in [3.05, 3.63) is 36.0 Å². The first-order valence-electron chi connectivity index (χ1n) is 7.82. The van der Waals surface area contributed by atoms with Gasteiger partial charge >= 0.3 is 0 Å². The maximum Gasteiger partial charge on any atom is 0.253 e. The fraction of sp³-hybridized carbons (Fsp3) is 0.412. The van der Waals surface area contributed by atoms with Gasteiger partial charge in [-0.2, -0.15) is 0 Å². The molecule has 6 nitrogen and oxygen atoms in total. The van der Waals surface area contributed by atoms with Gasteiger partial charge in [-0.25, -0.2) is 0 Å². The zero-order valence-corrected chi connectivity index (χ0v) is 14.2. The Labute approximate surface area is 136 Å². The third kappa shape index (κ3) is 3.64. The molecular formula is C17H24N4O2. The molecule has 0 radical (unpaired) electrons.